The number of hydrogen-bond donors (Lipinski definition) is 2. The van der Waals surface area contributed by atoms with E-state index in [4.69, 9.17) is 18.4 Å². The predicted octanol–water partition coefficient (Wildman–Crippen LogP) is 2.32. The summed E-state index contributed by atoms with van der Waals surface area (Å²) in [4.78, 5) is 0. The van der Waals surface area contributed by atoms with Crippen molar-refractivity contribution in [2.24, 2.45) is 35.3 Å². The maximum Gasteiger partial charge on any atom is 0.0173 e. The van der Waals surface area contributed by atoms with Crippen LogP contribution >= 0.6 is 12.6 Å². The first-order valence-corrected chi connectivity index (χ1v) is 6.67. The molecule has 0 amide bonds. The Morgan fingerprint density at radius 2 is 1.50 bits per heavy atom. The molecule has 0 aromatic carbocycles. The van der Waals surface area contributed by atoms with E-state index in [1.165, 1.54) is 25.7 Å². The van der Waals surface area contributed by atoms with E-state index in [0.29, 0.717) is 5.25 Å². The van der Waals surface area contributed by atoms with E-state index in [1.807, 2.05) is 0 Å². The summed E-state index contributed by atoms with van der Waals surface area (Å²) in [5, 5.41) is 0.477. The second kappa shape index (κ2) is 3.41. The van der Waals surface area contributed by atoms with Gasteiger partial charge in [0, 0.05) is 11.8 Å². The van der Waals surface area contributed by atoms with Gasteiger partial charge >= 0.3 is 0 Å². The van der Waals surface area contributed by atoms with Gasteiger partial charge in [0.1, 0.15) is 0 Å². The quantitative estimate of drug-likeness (QED) is 0.674. The SMILES string of the molecule is NCC(S)C1C2CC3CC(C2)CC1C3. The molecule has 4 saturated carbocycles. The van der Waals surface area contributed by atoms with Crippen molar-refractivity contribution in [3.8, 4) is 0 Å². The topological polar surface area (TPSA) is 26.0 Å². The summed E-state index contributed by atoms with van der Waals surface area (Å²) in [6, 6.07) is 0. The molecule has 0 aromatic rings. The van der Waals surface area contributed by atoms with E-state index in [2.05, 4.69) is 0 Å². The van der Waals surface area contributed by atoms with Crippen LogP contribution in [-0.2, 0) is 0 Å². The van der Waals surface area contributed by atoms with Crippen LogP contribution in [0.1, 0.15) is 32.1 Å². The third kappa shape index (κ3) is 1.34. The molecule has 1 nitrogen and oxygen atoms in total. The Morgan fingerprint density at radius 1 is 1.00 bits per heavy atom. The van der Waals surface area contributed by atoms with E-state index in [9.17, 15) is 0 Å². The van der Waals surface area contributed by atoms with Gasteiger partial charge in [0.05, 0.1) is 0 Å². The molecule has 4 aliphatic rings. The van der Waals surface area contributed by atoms with E-state index in [-0.39, 0.29) is 0 Å². The molecule has 4 fully saturated rings. The van der Waals surface area contributed by atoms with Crippen molar-refractivity contribution in [1.29, 1.82) is 0 Å². The Labute approximate surface area is 92.2 Å². The lowest BCUT2D eigenvalue weighted by atomic mass is 9.51. The van der Waals surface area contributed by atoms with Crippen molar-refractivity contribution in [2.75, 3.05) is 6.54 Å². The first-order chi connectivity index (χ1) is 6.78. The van der Waals surface area contributed by atoms with Gasteiger partial charge in [0.25, 0.3) is 0 Å². The van der Waals surface area contributed by atoms with Crippen LogP contribution in [-0.4, -0.2) is 11.8 Å². The summed E-state index contributed by atoms with van der Waals surface area (Å²) >= 11 is 4.70. The van der Waals surface area contributed by atoms with Crippen LogP contribution in [0, 0.1) is 29.6 Å². The Kier molecular flexibility index (Phi) is 2.32. The van der Waals surface area contributed by atoms with Gasteiger partial charge in [-0.25, -0.2) is 0 Å². The van der Waals surface area contributed by atoms with Gasteiger partial charge in [-0.1, -0.05) is 0 Å². The zero-order valence-corrected chi connectivity index (χ0v) is 9.63. The van der Waals surface area contributed by atoms with E-state index >= 15 is 0 Å². The highest BCUT2D eigenvalue weighted by Crippen LogP contribution is 2.57. The molecule has 4 bridgehead atoms. The molecule has 80 valence electrons. The van der Waals surface area contributed by atoms with E-state index in [0.717, 1.165) is 36.1 Å². The lowest BCUT2D eigenvalue weighted by Gasteiger charge is -2.55. The molecule has 1 atom stereocenters. The minimum atomic E-state index is 0.477. The fraction of sp³-hybridized carbons (Fsp3) is 1.00. The molecule has 2 N–H and O–H groups in total. The molecule has 1 unspecified atom stereocenters. The number of hydrogen-bond acceptors (Lipinski definition) is 2. The smallest absolute Gasteiger partial charge is 0.0173 e. The molecule has 0 aromatic heterocycles. The Hall–Kier alpha value is 0.310. The van der Waals surface area contributed by atoms with Gasteiger partial charge < -0.3 is 5.73 Å². The van der Waals surface area contributed by atoms with E-state index in [1.54, 1.807) is 6.42 Å². The van der Waals surface area contributed by atoms with E-state index < -0.39 is 0 Å². The van der Waals surface area contributed by atoms with Gasteiger partial charge in [0.15, 0.2) is 0 Å². The van der Waals surface area contributed by atoms with Crippen molar-refractivity contribution in [2.45, 2.75) is 37.4 Å². The summed E-state index contributed by atoms with van der Waals surface area (Å²) in [7, 11) is 0. The Balaban J connectivity index is 1.81. The summed E-state index contributed by atoms with van der Waals surface area (Å²) in [5.74, 6) is 4.98. The highest BCUT2D eigenvalue weighted by Gasteiger charge is 2.49. The van der Waals surface area contributed by atoms with Crippen LogP contribution in [0.5, 0.6) is 0 Å². The largest absolute Gasteiger partial charge is 0.329 e. The second-order valence-corrected chi connectivity index (χ2v) is 6.47. The lowest BCUT2D eigenvalue weighted by Crippen LogP contribution is -2.49. The normalized spacial score (nSPS) is 52.3. The standard InChI is InChI=1S/C12H21NS/c13-6-11(14)12-9-2-7-1-8(4-9)5-10(12)3-7/h7-12,14H,1-6,13H2. The van der Waals surface area contributed by atoms with Gasteiger partial charge in [-0.05, 0) is 61.7 Å². The molecule has 0 radical (unpaired) electrons. The van der Waals surface area contributed by atoms with Crippen molar-refractivity contribution >= 4 is 12.6 Å². The summed E-state index contributed by atoms with van der Waals surface area (Å²) in [6.07, 6.45) is 7.52. The number of thiol groups is 1. The maximum absolute atomic E-state index is 5.78. The first kappa shape index (κ1) is 9.53. The second-order valence-electron chi connectivity index (χ2n) is 5.81. The molecule has 4 rings (SSSR count). The number of rotatable bonds is 2. The summed E-state index contributed by atoms with van der Waals surface area (Å²) in [5.41, 5.74) is 5.78. The fourth-order valence-electron chi connectivity index (χ4n) is 4.75. The summed E-state index contributed by atoms with van der Waals surface area (Å²) < 4.78 is 0. The fourth-order valence-corrected chi connectivity index (χ4v) is 5.24. The molecule has 4 aliphatic carbocycles. The maximum atomic E-state index is 5.78. The van der Waals surface area contributed by atoms with Gasteiger partial charge in [-0.2, -0.15) is 12.6 Å². The van der Waals surface area contributed by atoms with Crippen LogP contribution in [0.3, 0.4) is 0 Å². The van der Waals surface area contributed by atoms with Crippen molar-refractivity contribution in [1.82, 2.24) is 0 Å². The highest BCUT2D eigenvalue weighted by atomic mass is 32.1. The zero-order chi connectivity index (χ0) is 9.71. The van der Waals surface area contributed by atoms with Crippen LogP contribution in [0.25, 0.3) is 0 Å². The third-order valence-corrected chi connectivity index (χ3v) is 5.54. The van der Waals surface area contributed by atoms with Crippen molar-refractivity contribution in [3.63, 3.8) is 0 Å². The van der Waals surface area contributed by atoms with Crippen molar-refractivity contribution < 1.29 is 0 Å². The molecule has 0 saturated heterocycles. The van der Waals surface area contributed by atoms with Crippen LogP contribution < -0.4 is 5.73 Å². The van der Waals surface area contributed by atoms with Crippen molar-refractivity contribution in [3.05, 3.63) is 0 Å². The monoisotopic (exact) mass is 211 g/mol. The molecule has 0 spiro atoms. The molecule has 14 heavy (non-hydrogen) atoms. The van der Waals surface area contributed by atoms with Crippen LogP contribution in [0.15, 0.2) is 0 Å². The molecule has 0 aliphatic heterocycles. The molecule has 2 heteroatoms. The Bertz CT molecular complexity index is 200. The minimum Gasteiger partial charge on any atom is -0.329 e. The predicted molar refractivity (Wildman–Crippen MR) is 62.4 cm³/mol. The Morgan fingerprint density at radius 3 is 1.93 bits per heavy atom. The van der Waals surface area contributed by atoms with Crippen LogP contribution in [0.2, 0.25) is 0 Å². The molecule has 0 heterocycles. The first-order valence-electron chi connectivity index (χ1n) is 6.16. The van der Waals surface area contributed by atoms with Crippen LogP contribution in [0.4, 0.5) is 0 Å². The van der Waals surface area contributed by atoms with Gasteiger partial charge in [-0.15, -0.1) is 0 Å². The zero-order valence-electron chi connectivity index (χ0n) is 8.73. The third-order valence-electron chi connectivity index (χ3n) is 4.99. The van der Waals surface area contributed by atoms with Gasteiger partial charge in [0.2, 0.25) is 0 Å². The highest BCUT2D eigenvalue weighted by molar-refractivity contribution is 7.81. The lowest BCUT2D eigenvalue weighted by molar-refractivity contribution is -0.0357. The van der Waals surface area contributed by atoms with Gasteiger partial charge in [-0.3, -0.25) is 0 Å². The summed E-state index contributed by atoms with van der Waals surface area (Å²) in [6.45, 7) is 0.774. The average molecular weight is 211 g/mol. The molecular formula is C12H21NS. The minimum absolute atomic E-state index is 0.477. The number of nitrogens with two attached hydrogens (primary N) is 1. The average Bonchev–Trinajstić information content (AvgIpc) is 2.15. The molecular weight excluding hydrogens is 190 g/mol.